The first-order valence-electron chi connectivity index (χ1n) is 7.43. The first-order chi connectivity index (χ1) is 11.0. The molecule has 0 saturated carbocycles. The van der Waals surface area contributed by atoms with Gasteiger partial charge in [0.1, 0.15) is 6.04 Å². The number of aromatic nitrogens is 1. The maximum absolute atomic E-state index is 11.9. The van der Waals surface area contributed by atoms with Crippen molar-refractivity contribution < 1.29 is 19.8 Å². The molecule has 0 aliphatic carbocycles. The third-order valence-corrected chi connectivity index (χ3v) is 4.61. The molecule has 1 aromatic heterocycles. The van der Waals surface area contributed by atoms with Crippen molar-refractivity contribution in [3.05, 3.63) is 35.0 Å². The van der Waals surface area contributed by atoms with Gasteiger partial charge in [0.25, 0.3) is 0 Å². The number of carboxylic acid groups (broad SMARTS) is 2. The third-order valence-electron chi connectivity index (χ3n) is 4.37. The van der Waals surface area contributed by atoms with Crippen molar-refractivity contribution in [2.24, 2.45) is 5.92 Å². The van der Waals surface area contributed by atoms with E-state index < -0.39 is 23.9 Å². The molecule has 1 fully saturated rings. The number of fused-ring (bicyclic) bond motifs is 1. The Bertz CT molecular complexity index is 758. The van der Waals surface area contributed by atoms with Crippen LogP contribution < -0.4 is 0 Å². The van der Waals surface area contributed by atoms with E-state index in [-0.39, 0.29) is 6.54 Å². The van der Waals surface area contributed by atoms with Crippen LogP contribution in [-0.4, -0.2) is 45.1 Å². The SMILES string of the molecule is O=C(O)C1CCCN(C(C(=O)O)c2c[nH]c3ccc(Cl)cc23)C1. The molecular weight excluding hydrogens is 320 g/mol. The number of hydrogen-bond acceptors (Lipinski definition) is 3. The van der Waals surface area contributed by atoms with Gasteiger partial charge in [-0.15, -0.1) is 0 Å². The van der Waals surface area contributed by atoms with Crippen LogP contribution >= 0.6 is 11.6 Å². The number of piperidine rings is 1. The van der Waals surface area contributed by atoms with Crippen molar-refractivity contribution >= 4 is 34.4 Å². The molecule has 122 valence electrons. The highest BCUT2D eigenvalue weighted by molar-refractivity contribution is 6.31. The Balaban J connectivity index is 1.99. The lowest BCUT2D eigenvalue weighted by Crippen LogP contribution is -2.43. The van der Waals surface area contributed by atoms with Crippen molar-refractivity contribution in [1.29, 1.82) is 0 Å². The minimum atomic E-state index is -0.989. The van der Waals surface area contributed by atoms with Gasteiger partial charge in [-0.1, -0.05) is 11.6 Å². The quantitative estimate of drug-likeness (QED) is 0.798. The third kappa shape index (κ3) is 3.04. The van der Waals surface area contributed by atoms with E-state index >= 15 is 0 Å². The van der Waals surface area contributed by atoms with Gasteiger partial charge in [0.05, 0.1) is 5.92 Å². The molecule has 7 heteroatoms. The van der Waals surface area contributed by atoms with Gasteiger partial charge in [0.2, 0.25) is 0 Å². The Morgan fingerprint density at radius 1 is 1.35 bits per heavy atom. The number of hydrogen-bond donors (Lipinski definition) is 3. The van der Waals surface area contributed by atoms with Crippen LogP contribution in [0.3, 0.4) is 0 Å². The van der Waals surface area contributed by atoms with Crippen molar-refractivity contribution in [2.75, 3.05) is 13.1 Å². The monoisotopic (exact) mass is 336 g/mol. The first kappa shape index (κ1) is 15.8. The fourth-order valence-electron chi connectivity index (χ4n) is 3.27. The number of carbonyl (C=O) groups is 2. The summed E-state index contributed by atoms with van der Waals surface area (Å²) in [4.78, 5) is 27.9. The molecule has 6 nitrogen and oxygen atoms in total. The summed E-state index contributed by atoms with van der Waals surface area (Å²) < 4.78 is 0. The van der Waals surface area contributed by atoms with Crippen LogP contribution in [0.4, 0.5) is 0 Å². The van der Waals surface area contributed by atoms with E-state index in [4.69, 9.17) is 11.6 Å². The molecule has 1 aliphatic rings. The molecule has 0 spiro atoms. The molecule has 0 radical (unpaired) electrons. The highest BCUT2D eigenvalue weighted by Gasteiger charge is 2.35. The van der Waals surface area contributed by atoms with E-state index in [9.17, 15) is 19.8 Å². The zero-order valence-corrected chi connectivity index (χ0v) is 13.1. The molecule has 1 aliphatic heterocycles. The van der Waals surface area contributed by atoms with E-state index in [1.807, 2.05) is 0 Å². The minimum absolute atomic E-state index is 0.236. The minimum Gasteiger partial charge on any atom is -0.481 e. The Morgan fingerprint density at radius 2 is 2.13 bits per heavy atom. The van der Waals surface area contributed by atoms with Gasteiger partial charge >= 0.3 is 11.9 Å². The second-order valence-corrected chi connectivity index (χ2v) is 6.28. The summed E-state index contributed by atoms with van der Waals surface area (Å²) in [5, 5.41) is 20.2. The van der Waals surface area contributed by atoms with Crippen LogP contribution in [0.5, 0.6) is 0 Å². The Labute approximate surface area is 137 Å². The fraction of sp³-hybridized carbons (Fsp3) is 0.375. The second-order valence-electron chi connectivity index (χ2n) is 5.85. The van der Waals surface area contributed by atoms with Crippen molar-refractivity contribution in [3.63, 3.8) is 0 Å². The number of halogens is 1. The number of aliphatic carboxylic acids is 2. The predicted octanol–water partition coefficient (Wildman–Crippen LogP) is 2.74. The molecule has 0 amide bonds. The average Bonchev–Trinajstić information content (AvgIpc) is 2.90. The van der Waals surface area contributed by atoms with Crippen LogP contribution in [0.25, 0.3) is 10.9 Å². The molecule has 1 aromatic carbocycles. The van der Waals surface area contributed by atoms with Crippen LogP contribution in [0.15, 0.2) is 24.4 Å². The fourth-order valence-corrected chi connectivity index (χ4v) is 3.44. The molecule has 3 N–H and O–H groups in total. The van der Waals surface area contributed by atoms with Crippen molar-refractivity contribution in [2.45, 2.75) is 18.9 Å². The number of H-pyrrole nitrogens is 1. The van der Waals surface area contributed by atoms with Crippen molar-refractivity contribution in [1.82, 2.24) is 9.88 Å². The molecule has 2 aromatic rings. The Kier molecular flexibility index (Phi) is 4.28. The molecule has 2 atom stereocenters. The number of nitrogens with zero attached hydrogens (tertiary/aromatic N) is 1. The smallest absolute Gasteiger partial charge is 0.325 e. The van der Waals surface area contributed by atoms with Crippen LogP contribution in [0.1, 0.15) is 24.4 Å². The molecule has 3 rings (SSSR count). The summed E-state index contributed by atoms with van der Waals surface area (Å²) >= 11 is 6.03. The summed E-state index contributed by atoms with van der Waals surface area (Å²) in [5.74, 6) is -2.39. The van der Waals surface area contributed by atoms with Gasteiger partial charge in [-0.2, -0.15) is 0 Å². The largest absolute Gasteiger partial charge is 0.481 e. The maximum atomic E-state index is 11.9. The lowest BCUT2D eigenvalue weighted by Gasteiger charge is -2.34. The lowest BCUT2D eigenvalue weighted by molar-refractivity contribution is -0.149. The predicted molar refractivity (Wildman–Crippen MR) is 85.6 cm³/mol. The highest BCUT2D eigenvalue weighted by Crippen LogP contribution is 2.33. The van der Waals surface area contributed by atoms with Gasteiger partial charge < -0.3 is 15.2 Å². The Morgan fingerprint density at radius 3 is 2.83 bits per heavy atom. The average molecular weight is 337 g/mol. The lowest BCUT2D eigenvalue weighted by atomic mass is 9.94. The van der Waals surface area contributed by atoms with Gasteiger partial charge in [0, 0.05) is 34.2 Å². The summed E-state index contributed by atoms with van der Waals surface area (Å²) in [5.41, 5.74) is 1.42. The van der Waals surface area contributed by atoms with E-state index in [2.05, 4.69) is 4.98 Å². The summed E-state index contributed by atoms with van der Waals surface area (Å²) in [6, 6.07) is 4.39. The van der Waals surface area contributed by atoms with E-state index in [1.54, 1.807) is 29.3 Å². The topological polar surface area (TPSA) is 93.6 Å². The van der Waals surface area contributed by atoms with E-state index in [0.29, 0.717) is 30.0 Å². The number of carboxylic acids is 2. The number of likely N-dealkylation sites (tertiary alicyclic amines) is 1. The molecule has 0 bridgehead atoms. The molecule has 2 unspecified atom stereocenters. The summed E-state index contributed by atoms with van der Waals surface area (Å²) in [6.07, 6.45) is 2.92. The first-order valence-corrected chi connectivity index (χ1v) is 7.81. The molecule has 1 saturated heterocycles. The van der Waals surface area contributed by atoms with Crippen LogP contribution in [-0.2, 0) is 9.59 Å². The Hall–Kier alpha value is -2.05. The zero-order chi connectivity index (χ0) is 16.6. The normalized spacial score (nSPS) is 20.5. The summed E-state index contributed by atoms with van der Waals surface area (Å²) in [7, 11) is 0. The number of rotatable bonds is 4. The van der Waals surface area contributed by atoms with Crippen molar-refractivity contribution in [3.8, 4) is 0 Å². The van der Waals surface area contributed by atoms with Gasteiger partial charge in [-0.3, -0.25) is 14.5 Å². The van der Waals surface area contributed by atoms with Gasteiger partial charge in [0.15, 0.2) is 0 Å². The summed E-state index contributed by atoms with van der Waals surface area (Å²) in [6.45, 7) is 0.799. The molecular formula is C16H17ClN2O4. The van der Waals surface area contributed by atoms with Gasteiger partial charge in [-0.05, 0) is 37.6 Å². The maximum Gasteiger partial charge on any atom is 0.325 e. The van der Waals surface area contributed by atoms with Gasteiger partial charge in [-0.25, -0.2) is 0 Å². The molecule has 23 heavy (non-hydrogen) atoms. The second kappa shape index (κ2) is 6.22. The van der Waals surface area contributed by atoms with Crippen LogP contribution in [0, 0.1) is 5.92 Å². The number of aromatic amines is 1. The zero-order valence-electron chi connectivity index (χ0n) is 12.3. The van der Waals surface area contributed by atoms with E-state index in [0.717, 1.165) is 10.9 Å². The standard InChI is InChI=1S/C16H17ClN2O4/c17-10-3-4-13-11(6-10)12(7-18-13)14(16(22)23)19-5-1-2-9(8-19)15(20)21/h3-4,6-7,9,14,18H,1-2,5,8H2,(H,20,21)(H,22,23). The number of benzene rings is 1. The molecule has 2 heterocycles. The highest BCUT2D eigenvalue weighted by atomic mass is 35.5. The van der Waals surface area contributed by atoms with Crippen LogP contribution in [0.2, 0.25) is 5.02 Å². The number of nitrogens with one attached hydrogen (secondary N) is 1. The van der Waals surface area contributed by atoms with E-state index in [1.165, 1.54) is 0 Å².